The van der Waals surface area contributed by atoms with Crippen LogP contribution in [0.5, 0.6) is 0 Å². The zero-order valence-corrected chi connectivity index (χ0v) is 29.8. The number of aromatic nitrogens is 2. The van der Waals surface area contributed by atoms with Gasteiger partial charge in [-0.25, -0.2) is 9.97 Å². The molecule has 0 aliphatic heterocycles. The highest BCUT2D eigenvalue weighted by Gasteiger charge is 2.18. The maximum Gasteiger partial charge on any atom is 0.160 e. The van der Waals surface area contributed by atoms with Crippen LogP contribution >= 0.6 is 0 Å². The molecule has 0 radical (unpaired) electrons. The van der Waals surface area contributed by atoms with Gasteiger partial charge in [-0.2, -0.15) is 0 Å². The van der Waals surface area contributed by atoms with Crippen LogP contribution in [0.3, 0.4) is 0 Å². The SMILES string of the molecule is c1ccc(-c2ccc(-c3nc(-c4ccc(-c5c6ccccc6cc6c5ccc5ccccc56)cc4)cc(-c4cccc5c4oc4ccccc45)n3)cc2)cc1. The van der Waals surface area contributed by atoms with Crippen molar-refractivity contribution in [1.29, 1.82) is 0 Å². The van der Waals surface area contributed by atoms with Crippen LogP contribution in [-0.2, 0) is 0 Å². The molecule has 0 bridgehead atoms. The van der Waals surface area contributed by atoms with E-state index in [1.165, 1.54) is 49.0 Å². The molecule has 0 aliphatic carbocycles. The minimum Gasteiger partial charge on any atom is -0.455 e. The van der Waals surface area contributed by atoms with Gasteiger partial charge in [0.05, 0.1) is 11.4 Å². The summed E-state index contributed by atoms with van der Waals surface area (Å²) in [7, 11) is 0. The van der Waals surface area contributed by atoms with E-state index in [-0.39, 0.29) is 0 Å². The smallest absolute Gasteiger partial charge is 0.160 e. The number of fused-ring (bicyclic) bond motifs is 7. The van der Waals surface area contributed by atoms with Gasteiger partial charge in [-0.15, -0.1) is 0 Å². The van der Waals surface area contributed by atoms with Crippen molar-refractivity contribution in [3.8, 4) is 56.2 Å². The van der Waals surface area contributed by atoms with E-state index in [4.69, 9.17) is 14.4 Å². The van der Waals surface area contributed by atoms with E-state index in [0.29, 0.717) is 5.82 Å². The van der Waals surface area contributed by atoms with Crippen LogP contribution in [0.2, 0.25) is 0 Å². The third-order valence-electron chi connectivity index (χ3n) is 10.9. The Bertz CT molecular complexity index is 3230. The molecule has 0 unspecified atom stereocenters. The highest BCUT2D eigenvalue weighted by molar-refractivity contribution is 6.20. The van der Waals surface area contributed by atoms with Gasteiger partial charge < -0.3 is 4.42 Å². The lowest BCUT2D eigenvalue weighted by atomic mass is 9.89. The molecule has 0 amide bonds. The molecule has 0 saturated heterocycles. The molecule has 11 rings (SSSR count). The van der Waals surface area contributed by atoms with E-state index in [1.807, 2.05) is 18.2 Å². The highest BCUT2D eigenvalue weighted by Crippen LogP contribution is 2.41. The quantitative estimate of drug-likeness (QED) is 0.133. The summed E-state index contributed by atoms with van der Waals surface area (Å²) in [6, 6.07) is 68.6. The standard InChI is InChI=1S/C52H32N2O/c1-2-11-33(12-3-1)34-21-27-38(28-22-34)52-53-47(32-48(54-52)45-19-10-18-44-42-17-8-9-20-49(42)55-51(44)45)36-23-25-37(26-24-36)50-41-16-7-5-14-39(41)31-46-40-15-6-4-13-35(40)29-30-43(46)50/h1-32H. The van der Waals surface area contributed by atoms with Crippen LogP contribution < -0.4 is 0 Å². The molecule has 3 heteroatoms. The topological polar surface area (TPSA) is 38.9 Å². The van der Waals surface area contributed by atoms with Gasteiger partial charge in [0.1, 0.15) is 11.2 Å². The summed E-state index contributed by atoms with van der Waals surface area (Å²) in [5.41, 5.74) is 11.0. The first-order valence-electron chi connectivity index (χ1n) is 18.6. The number of nitrogens with zero attached hydrogens (tertiary/aromatic N) is 2. The summed E-state index contributed by atoms with van der Waals surface area (Å²) in [5, 5.41) is 9.65. The molecule has 11 aromatic rings. The molecule has 0 atom stereocenters. The molecule has 0 N–H and O–H groups in total. The van der Waals surface area contributed by atoms with Gasteiger partial charge in [-0.05, 0) is 78.8 Å². The Kier molecular flexibility index (Phi) is 7.17. The van der Waals surface area contributed by atoms with Crippen molar-refractivity contribution in [3.05, 3.63) is 194 Å². The van der Waals surface area contributed by atoms with E-state index >= 15 is 0 Å². The van der Waals surface area contributed by atoms with Gasteiger partial charge in [0.15, 0.2) is 5.82 Å². The zero-order chi connectivity index (χ0) is 36.3. The largest absolute Gasteiger partial charge is 0.455 e. The normalized spacial score (nSPS) is 11.6. The average molecular weight is 701 g/mol. The molecule has 0 spiro atoms. The van der Waals surface area contributed by atoms with Crippen molar-refractivity contribution in [1.82, 2.24) is 9.97 Å². The number of rotatable bonds is 5. The Morgan fingerprint density at radius 3 is 1.78 bits per heavy atom. The van der Waals surface area contributed by atoms with Crippen molar-refractivity contribution in [3.63, 3.8) is 0 Å². The highest BCUT2D eigenvalue weighted by atomic mass is 16.3. The zero-order valence-electron chi connectivity index (χ0n) is 29.8. The van der Waals surface area contributed by atoms with Crippen LogP contribution in [0.15, 0.2) is 199 Å². The summed E-state index contributed by atoms with van der Waals surface area (Å²) in [6.07, 6.45) is 0. The van der Waals surface area contributed by atoms with Crippen LogP contribution in [0.25, 0.3) is 110 Å². The van der Waals surface area contributed by atoms with Crippen molar-refractivity contribution >= 4 is 54.3 Å². The molecular weight excluding hydrogens is 669 g/mol. The molecule has 2 aromatic heterocycles. The monoisotopic (exact) mass is 700 g/mol. The van der Waals surface area contributed by atoms with E-state index < -0.39 is 0 Å². The first-order chi connectivity index (χ1) is 27.2. The third-order valence-corrected chi connectivity index (χ3v) is 10.9. The number of hydrogen-bond donors (Lipinski definition) is 0. The van der Waals surface area contributed by atoms with Crippen molar-refractivity contribution in [2.24, 2.45) is 0 Å². The fourth-order valence-corrected chi connectivity index (χ4v) is 8.19. The maximum absolute atomic E-state index is 6.50. The summed E-state index contributed by atoms with van der Waals surface area (Å²) in [5.74, 6) is 0.663. The molecule has 55 heavy (non-hydrogen) atoms. The van der Waals surface area contributed by atoms with Gasteiger partial charge >= 0.3 is 0 Å². The lowest BCUT2D eigenvalue weighted by Gasteiger charge is -2.15. The predicted octanol–water partition coefficient (Wildman–Crippen LogP) is 14.2. The van der Waals surface area contributed by atoms with Crippen molar-refractivity contribution < 1.29 is 4.42 Å². The summed E-state index contributed by atoms with van der Waals surface area (Å²) >= 11 is 0. The maximum atomic E-state index is 6.50. The molecule has 9 aromatic carbocycles. The number of hydrogen-bond acceptors (Lipinski definition) is 3. The van der Waals surface area contributed by atoms with Gasteiger partial charge in [0, 0.05) is 27.5 Å². The molecule has 0 saturated carbocycles. The van der Waals surface area contributed by atoms with Crippen LogP contribution in [0.1, 0.15) is 0 Å². The Hall–Kier alpha value is -7.36. The van der Waals surface area contributed by atoms with E-state index in [1.54, 1.807) is 0 Å². The van der Waals surface area contributed by atoms with Gasteiger partial charge in [0.2, 0.25) is 0 Å². The fraction of sp³-hybridized carbons (Fsp3) is 0. The number of furan rings is 1. The first-order valence-corrected chi connectivity index (χ1v) is 18.6. The van der Waals surface area contributed by atoms with Crippen LogP contribution in [0, 0.1) is 0 Å². The van der Waals surface area contributed by atoms with Crippen LogP contribution in [0.4, 0.5) is 0 Å². The van der Waals surface area contributed by atoms with Crippen molar-refractivity contribution in [2.75, 3.05) is 0 Å². The minimum atomic E-state index is 0.663. The Morgan fingerprint density at radius 2 is 0.945 bits per heavy atom. The number of para-hydroxylation sites is 2. The molecule has 256 valence electrons. The van der Waals surface area contributed by atoms with Gasteiger partial charge in [0.25, 0.3) is 0 Å². The fourth-order valence-electron chi connectivity index (χ4n) is 8.19. The number of benzene rings is 9. The van der Waals surface area contributed by atoms with Crippen molar-refractivity contribution in [2.45, 2.75) is 0 Å². The summed E-state index contributed by atoms with van der Waals surface area (Å²) in [6.45, 7) is 0. The Balaban J connectivity index is 1.08. The van der Waals surface area contributed by atoms with E-state index in [9.17, 15) is 0 Å². The van der Waals surface area contributed by atoms with E-state index in [2.05, 4.69) is 176 Å². The van der Waals surface area contributed by atoms with Crippen LogP contribution in [-0.4, -0.2) is 9.97 Å². The second kappa shape index (κ2) is 12.6. The second-order valence-electron chi connectivity index (χ2n) is 14.1. The molecule has 3 nitrogen and oxygen atoms in total. The second-order valence-corrected chi connectivity index (χ2v) is 14.1. The Morgan fingerprint density at radius 1 is 0.327 bits per heavy atom. The third kappa shape index (κ3) is 5.28. The molecule has 0 aliphatic rings. The lowest BCUT2D eigenvalue weighted by molar-refractivity contribution is 0.670. The molecule has 2 heterocycles. The first kappa shape index (κ1) is 31.2. The lowest BCUT2D eigenvalue weighted by Crippen LogP contribution is -1.96. The summed E-state index contributed by atoms with van der Waals surface area (Å²) < 4.78 is 6.50. The predicted molar refractivity (Wildman–Crippen MR) is 229 cm³/mol. The summed E-state index contributed by atoms with van der Waals surface area (Å²) in [4.78, 5) is 10.4. The minimum absolute atomic E-state index is 0.663. The average Bonchev–Trinajstić information content (AvgIpc) is 3.65. The van der Waals surface area contributed by atoms with E-state index in [0.717, 1.165) is 55.6 Å². The molecular formula is C52H32N2O. The van der Waals surface area contributed by atoms with Gasteiger partial charge in [-0.1, -0.05) is 170 Å². The Labute approximate surface area is 317 Å². The molecule has 0 fully saturated rings. The van der Waals surface area contributed by atoms with Gasteiger partial charge in [-0.3, -0.25) is 0 Å².